The molecule has 0 fully saturated rings. The zero-order chi connectivity index (χ0) is 12.9. The van der Waals surface area contributed by atoms with Crippen molar-refractivity contribution in [2.45, 2.75) is 19.5 Å². The molecule has 0 spiro atoms. The smallest absolute Gasteiger partial charge is 0.0794 e. The molecule has 0 saturated heterocycles. The predicted molar refractivity (Wildman–Crippen MR) is 80.4 cm³/mol. The summed E-state index contributed by atoms with van der Waals surface area (Å²) in [5.74, 6) is 0. The molecule has 0 aliphatic rings. The molecular weight excluding hydrogens is 254 g/mol. The fraction of sp³-hybridized carbons (Fsp3) is 0.267. The monoisotopic (exact) mass is 271 g/mol. The van der Waals surface area contributed by atoms with Gasteiger partial charge in [-0.05, 0) is 30.5 Å². The Kier molecular flexibility index (Phi) is 3.91. The highest BCUT2D eigenvalue weighted by Crippen LogP contribution is 2.15. The van der Waals surface area contributed by atoms with Gasteiger partial charge in [-0.25, -0.2) is 0 Å². The van der Waals surface area contributed by atoms with Gasteiger partial charge in [-0.15, -0.1) is 11.3 Å². The van der Waals surface area contributed by atoms with Gasteiger partial charge in [0, 0.05) is 35.9 Å². The fourth-order valence-electron chi connectivity index (χ4n) is 2.25. The number of benzene rings is 1. The lowest BCUT2D eigenvalue weighted by Gasteiger charge is -2.06. The maximum atomic E-state index is 4.07. The van der Waals surface area contributed by atoms with Gasteiger partial charge in [0.1, 0.15) is 0 Å². The number of hydrogen-bond acceptors (Lipinski definition) is 3. The van der Waals surface area contributed by atoms with E-state index in [0.717, 1.165) is 26.1 Å². The van der Waals surface area contributed by atoms with Gasteiger partial charge in [-0.3, -0.25) is 4.98 Å². The number of nitrogens with zero attached hydrogens (tertiary/aromatic N) is 2. The van der Waals surface area contributed by atoms with Crippen molar-refractivity contribution in [1.29, 1.82) is 0 Å². The molecule has 2 heterocycles. The minimum absolute atomic E-state index is 0.928. The average molecular weight is 271 g/mol. The molecule has 0 amide bonds. The summed E-state index contributed by atoms with van der Waals surface area (Å²) in [6.07, 6.45) is 5.24. The Morgan fingerprint density at radius 2 is 2.16 bits per heavy atom. The number of aromatic nitrogens is 2. The number of aryl methyl sites for hydroxylation is 1. The largest absolute Gasteiger partial charge is 0.347 e. The number of hydrogen-bond donors (Lipinski definition) is 1. The third-order valence-electron chi connectivity index (χ3n) is 3.22. The quantitative estimate of drug-likeness (QED) is 0.697. The molecule has 19 heavy (non-hydrogen) atoms. The van der Waals surface area contributed by atoms with Crippen molar-refractivity contribution in [2.24, 2.45) is 0 Å². The zero-order valence-corrected chi connectivity index (χ0v) is 11.6. The van der Waals surface area contributed by atoms with E-state index >= 15 is 0 Å². The normalized spacial score (nSPS) is 11.2. The number of rotatable bonds is 6. The highest BCUT2D eigenvalue weighted by molar-refractivity contribution is 7.09. The Morgan fingerprint density at radius 1 is 1.21 bits per heavy atom. The Balaban J connectivity index is 1.47. The summed E-state index contributed by atoms with van der Waals surface area (Å²) < 4.78 is 2.32. The first-order valence-electron chi connectivity index (χ1n) is 6.55. The van der Waals surface area contributed by atoms with Gasteiger partial charge >= 0.3 is 0 Å². The van der Waals surface area contributed by atoms with Crippen molar-refractivity contribution in [3.05, 3.63) is 53.1 Å². The van der Waals surface area contributed by atoms with Crippen LogP contribution in [0.1, 0.15) is 11.3 Å². The van der Waals surface area contributed by atoms with Crippen LogP contribution in [0.15, 0.2) is 48.2 Å². The van der Waals surface area contributed by atoms with E-state index in [1.165, 1.54) is 15.8 Å². The molecule has 1 aromatic carbocycles. The van der Waals surface area contributed by atoms with Crippen molar-refractivity contribution in [3.8, 4) is 0 Å². The van der Waals surface area contributed by atoms with Crippen LogP contribution < -0.4 is 5.32 Å². The molecule has 3 rings (SSSR count). The van der Waals surface area contributed by atoms with Crippen LogP contribution in [0.2, 0.25) is 0 Å². The summed E-state index contributed by atoms with van der Waals surface area (Å²) in [7, 11) is 0. The van der Waals surface area contributed by atoms with Gasteiger partial charge in [-0.1, -0.05) is 18.2 Å². The lowest BCUT2D eigenvalue weighted by molar-refractivity contribution is 0.593. The van der Waals surface area contributed by atoms with Gasteiger partial charge in [0.05, 0.1) is 5.51 Å². The molecule has 0 unspecified atom stereocenters. The molecule has 2 aromatic heterocycles. The third kappa shape index (κ3) is 3.03. The fourth-order valence-corrected chi connectivity index (χ4v) is 2.82. The van der Waals surface area contributed by atoms with E-state index in [1.54, 1.807) is 11.3 Å². The first-order chi connectivity index (χ1) is 9.43. The molecule has 4 heteroatoms. The van der Waals surface area contributed by atoms with Crippen LogP contribution in [0.3, 0.4) is 0 Å². The topological polar surface area (TPSA) is 29.9 Å². The third-order valence-corrected chi connectivity index (χ3v) is 4.00. The minimum atomic E-state index is 0.928. The Bertz CT molecular complexity index is 628. The summed E-state index contributed by atoms with van der Waals surface area (Å²) >= 11 is 1.70. The molecule has 98 valence electrons. The average Bonchev–Trinajstić information content (AvgIpc) is 3.08. The van der Waals surface area contributed by atoms with Crippen LogP contribution in [0.5, 0.6) is 0 Å². The van der Waals surface area contributed by atoms with Crippen LogP contribution in [0, 0.1) is 0 Å². The lowest BCUT2D eigenvalue weighted by atomic mass is 10.2. The highest BCUT2D eigenvalue weighted by Gasteiger charge is 1.99. The first kappa shape index (κ1) is 12.4. The molecule has 0 aliphatic carbocycles. The highest BCUT2D eigenvalue weighted by atomic mass is 32.1. The standard InChI is InChI=1S/C15H17N3S/c1-2-5-15-13(4-1)6-9-18(15)8-3-7-16-10-14-11-17-12-19-14/h1-2,4-6,9,11-12,16H,3,7-8,10H2. The van der Waals surface area contributed by atoms with Crippen LogP contribution in [0.25, 0.3) is 10.9 Å². The number of thiazole rings is 1. The van der Waals surface area contributed by atoms with E-state index in [9.17, 15) is 0 Å². The predicted octanol–water partition coefficient (Wildman–Crippen LogP) is 3.28. The van der Waals surface area contributed by atoms with Crippen LogP contribution in [0.4, 0.5) is 0 Å². The van der Waals surface area contributed by atoms with E-state index in [1.807, 2.05) is 11.7 Å². The van der Waals surface area contributed by atoms with Crippen molar-refractivity contribution in [3.63, 3.8) is 0 Å². The summed E-state index contributed by atoms with van der Waals surface area (Å²) in [4.78, 5) is 5.37. The Hall–Kier alpha value is -1.65. The van der Waals surface area contributed by atoms with Crippen molar-refractivity contribution >= 4 is 22.2 Å². The summed E-state index contributed by atoms with van der Waals surface area (Å²) in [5.41, 5.74) is 3.20. The van der Waals surface area contributed by atoms with Crippen molar-refractivity contribution < 1.29 is 0 Å². The number of nitrogens with one attached hydrogen (secondary N) is 1. The summed E-state index contributed by atoms with van der Waals surface area (Å²) in [5, 5.41) is 4.77. The van der Waals surface area contributed by atoms with E-state index in [2.05, 4.69) is 51.4 Å². The molecule has 3 aromatic rings. The van der Waals surface area contributed by atoms with Gasteiger partial charge in [-0.2, -0.15) is 0 Å². The maximum absolute atomic E-state index is 4.07. The minimum Gasteiger partial charge on any atom is -0.347 e. The van der Waals surface area contributed by atoms with E-state index in [4.69, 9.17) is 0 Å². The Morgan fingerprint density at radius 3 is 3.05 bits per heavy atom. The first-order valence-corrected chi connectivity index (χ1v) is 7.43. The summed E-state index contributed by atoms with van der Waals surface area (Å²) in [6, 6.07) is 10.7. The van der Waals surface area contributed by atoms with Gasteiger partial charge in [0.2, 0.25) is 0 Å². The Labute approximate surface area is 116 Å². The van der Waals surface area contributed by atoms with E-state index < -0.39 is 0 Å². The van der Waals surface area contributed by atoms with Gasteiger partial charge in [0.25, 0.3) is 0 Å². The number of para-hydroxylation sites is 1. The molecule has 0 atom stereocenters. The SMILES string of the molecule is c1ccc2c(c1)ccn2CCCNCc1cncs1. The molecular formula is C15H17N3S. The zero-order valence-electron chi connectivity index (χ0n) is 10.7. The van der Waals surface area contributed by atoms with Crippen LogP contribution >= 0.6 is 11.3 Å². The van der Waals surface area contributed by atoms with Crippen LogP contribution in [-0.4, -0.2) is 16.1 Å². The van der Waals surface area contributed by atoms with Gasteiger partial charge in [0.15, 0.2) is 0 Å². The molecule has 0 bridgehead atoms. The molecule has 1 N–H and O–H groups in total. The van der Waals surface area contributed by atoms with Crippen LogP contribution in [-0.2, 0) is 13.1 Å². The second-order valence-electron chi connectivity index (χ2n) is 4.57. The molecule has 0 aliphatic heterocycles. The van der Waals surface area contributed by atoms with Crippen molar-refractivity contribution in [2.75, 3.05) is 6.54 Å². The number of fused-ring (bicyclic) bond motifs is 1. The molecule has 0 radical (unpaired) electrons. The van der Waals surface area contributed by atoms with E-state index in [0.29, 0.717) is 0 Å². The van der Waals surface area contributed by atoms with Gasteiger partial charge < -0.3 is 9.88 Å². The summed E-state index contributed by atoms with van der Waals surface area (Å²) in [6.45, 7) is 3.02. The molecule has 0 saturated carbocycles. The maximum Gasteiger partial charge on any atom is 0.0794 e. The second kappa shape index (κ2) is 5.99. The lowest BCUT2D eigenvalue weighted by Crippen LogP contribution is -2.15. The van der Waals surface area contributed by atoms with E-state index in [-0.39, 0.29) is 0 Å². The molecule has 3 nitrogen and oxygen atoms in total. The second-order valence-corrected chi connectivity index (χ2v) is 5.54. The van der Waals surface area contributed by atoms with Crippen molar-refractivity contribution in [1.82, 2.24) is 14.9 Å².